The second kappa shape index (κ2) is 3.76. The fourth-order valence-corrected chi connectivity index (χ4v) is 2.73. The first-order valence-corrected chi connectivity index (χ1v) is 5.34. The predicted octanol–water partition coefficient (Wildman–Crippen LogP) is 0.734. The molecule has 0 aliphatic heterocycles. The summed E-state index contributed by atoms with van der Waals surface area (Å²) in [6, 6.07) is 0. The van der Waals surface area contributed by atoms with Crippen molar-refractivity contribution in [3.63, 3.8) is 0 Å². The van der Waals surface area contributed by atoms with Crippen molar-refractivity contribution in [3.8, 4) is 0 Å². The van der Waals surface area contributed by atoms with Crippen molar-refractivity contribution in [2.24, 2.45) is 17.8 Å². The lowest BCUT2D eigenvalue weighted by atomic mass is 9.92. The summed E-state index contributed by atoms with van der Waals surface area (Å²) in [7, 11) is 0. The Morgan fingerprint density at radius 3 is 2.73 bits per heavy atom. The van der Waals surface area contributed by atoms with Gasteiger partial charge in [-0.2, -0.15) is 0 Å². The average molecular weight is 210 g/mol. The van der Waals surface area contributed by atoms with E-state index in [-0.39, 0.29) is 30.0 Å². The first-order chi connectivity index (χ1) is 7.13. The van der Waals surface area contributed by atoms with Gasteiger partial charge in [-0.1, -0.05) is 0 Å². The second-order valence-corrected chi connectivity index (χ2v) is 4.27. The molecule has 82 valence electrons. The summed E-state index contributed by atoms with van der Waals surface area (Å²) in [4.78, 5) is 34.4. The Morgan fingerprint density at radius 2 is 2.07 bits per heavy atom. The minimum absolute atomic E-state index is 0.0454. The molecular weight excluding hydrogens is 196 g/mol. The van der Waals surface area contributed by atoms with Gasteiger partial charge in [0.2, 0.25) is 0 Å². The van der Waals surface area contributed by atoms with Crippen LogP contribution in [0.2, 0.25) is 0 Å². The molecule has 3 unspecified atom stereocenters. The number of fused-ring (bicyclic) bond motifs is 1. The van der Waals surface area contributed by atoms with Crippen LogP contribution in [0.4, 0.5) is 0 Å². The zero-order valence-corrected chi connectivity index (χ0v) is 8.69. The van der Waals surface area contributed by atoms with Gasteiger partial charge in [0, 0.05) is 19.3 Å². The molecule has 2 fully saturated rings. The fraction of sp³-hybridized carbons (Fsp3) is 0.727. The quantitative estimate of drug-likeness (QED) is 0.498. The fourth-order valence-electron chi connectivity index (χ4n) is 2.73. The smallest absolute Gasteiger partial charge is 0.316 e. The van der Waals surface area contributed by atoms with Gasteiger partial charge in [0.15, 0.2) is 0 Å². The van der Waals surface area contributed by atoms with E-state index in [4.69, 9.17) is 4.74 Å². The molecule has 0 heterocycles. The zero-order valence-electron chi connectivity index (χ0n) is 8.69. The lowest BCUT2D eigenvalue weighted by Crippen LogP contribution is -2.27. The van der Waals surface area contributed by atoms with E-state index in [0.29, 0.717) is 19.3 Å². The third-order valence-corrected chi connectivity index (χ3v) is 3.34. The van der Waals surface area contributed by atoms with E-state index >= 15 is 0 Å². The maximum atomic E-state index is 11.6. The van der Waals surface area contributed by atoms with Gasteiger partial charge >= 0.3 is 5.97 Å². The molecule has 3 atom stereocenters. The van der Waals surface area contributed by atoms with Gasteiger partial charge < -0.3 is 4.74 Å². The molecule has 0 bridgehead atoms. The number of Topliss-reactive ketones (excluding diaryl/α,β-unsaturated/α-hetero) is 2. The van der Waals surface area contributed by atoms with Crippen LogP contribution in [-0.4, -0.2) is 24.1 Å². The van der Waals surface area contributed by atoms with E-state index < -0.39 is 11.9 Å². The van der Waals surface area contributed by atoms with Gasteiger partial charge in [-0.15, -0.1) is 0 Å². The number of ketones is 2. The van der Waals surface area contributed by atoms with Crippen LogP contribution in [0.3, 0.4) is 0 Å². The molecule has 0 spiro atoms. The number of carbonyl (C=O) groups excluding carboxylic acids is 3. The molecule has 4 heteroatoms. The van der Waals surface area contributed by atoms with Crippen molar-refractivity contribution < 1.29 is 19.1 Å². The van der Waals surface area contributed by atoms with E-state index in [0.717, 1.165) is 0 Å². The zero-order chi connectivity index (χ0) is 11.0. The molecule has 0 aromatic heterocycles. The summed E-state index contributed by atoms with van der Waals surface area (Å²) < 4.78 is 4.87. The van der Waals surface area contributed by atoms with Crippen LogP contribution in [0.15, 0.2) is 0 Å². The summed E-state index contributed by atoms with van der Waals surface area (Å²) in [5.41, 5.74) is 0. The van der Waals surface area contributed by atoms with Crippen LogP contribution in [0, 0.1) is 17.8 Å². The predicted molar refractivity (Wildman–Crippen MR) is 51.0 cm³/mol. The molecule has 0 saturated heterocycles. The van der Waals surface area contributed by atoms with E-state index in [1.807, 2.05) is 0 Å². The Morgan fingerprint density at radius 1 is 1.33 bits per heavy atom. The first kappa shape index (κ1) is 10.3. The number of ether oxygens (including phenoxy) is 1. The van der Waals surface area contributed by atoms with Crippen molar-refractivity contribution in [1.82, 2.24) is 0 Å². The van der Waals surface area contributed by atoms with Crippen LogP contribution < -0.4 is 0 Å². The summed E-state index contributed by atoms with van der Waals surface area (Å²) in [5, 5.41) is 0. The third-order valence-electron chi connectivity index (χ3n) is 3.34. The lowest BCUT2D eigenvalue weighted by Gasteiger charge is -2.14. The number of esters is 1. The van der Waals surface area contributed by atoms with Crippen LogP contribution >= 0.6 is 0 Å². The van der Waals surface area contributed by atoms with Gasteiger partial charge in [-0.3, -0.25) is 14.4 Å². The maximum absolute atomic E-state index is 11.6. The highest BCUT2D eigenvalue weighted by molar-refractivity contribution is 6.03. The maximum Gasteiger partial charge on any atom is 0.316 e. The number of hydrogen-bond acceptors (Lipinski definition) is 4. The van der Waals surface area contributed by atoms with Gasteiger partial charge in [-0.25, -0.2) is 0 Å². The lowest BCUT2D eigenvalue weighted by molar-refractivity contribution is -0.152. The van der Waals surface area contributed by atoms with E-state index in [9.17, 15) is 14.4 Å². The molecule has 2 saturated carbocycles. The third kappa shape index (κ3) is 1.68. The van der Waals surface area contributed by atoms with Gasteiger partial charge in [-0.05, 0) is 18.8 Å². The first-order valence-electron chi connectivity index (χ1n) is 5.34. The van der Waals surface area contributed by atoms with Crippen molar-refractivity contribution in [2.75, 3.05) is 6.61 Å². The standard InChI is InChI=1S/C11H14O4/c1-2-15-11(14)10-8-5-7(12)3-6(8)4-9(10)13/h6,8,10H,2-5H2,1H3. The molecular formula is C11H14O4. The SMILES string of the molecule is CCOC(=O)C1C(=O)CC2CC(=O)CC21. The van der Waals surface area contributed by atoms with Crippen molar-refractivity contribution in [1.29, 1.82) is 0 Å². The van der Waals surface area contributed by atoms with Crippen molar-refractivity contribution in [3.05, 3.63) is 0 Å². The van der Waals surface area contributed by atoms with E-state index in [1.54, 1.807) is 6.92 Å². The van der Waals surface area contributed by atoms with Crippen LogP contribution in [0.1, 0.15) is 26.2 Å². The number of carbonyl (C=O) groups is 3. The number of rotatable bonds is 2. The van der Waals surface area contributed by atoms with E-state index in [2.05, 4.69) is 0 Å². The summed E-state index contributed by atoms with van der Waals surface area (Å²) >= 11 is 0. The molecule has 0 amide bonds. The number of hydrogen-bond donors (Lipinski definition) is 0. The van der Waals surface area contributed by atoms with Crippen LogP contribution in [0.5, 0.6) is 0 Å². The Labute approximate surface area is 88.0 Å². The molecule has 15 heavy (non-hydrogen) atoms. The minimum atomic E-state index is -0.665. The normalized spacial score (nSPS) is 34.3. The topological polar surface area (TPSA) is 60.4 Å². The second-order valence-electron chi connectivity index (χ2n) is 4.27. The van der Waals surface area contributed by atoms with Crippen LogP contribution in [-0.2, 0) is 19.1 Å². The molecule has 0 N–H and O–H groups in total. The summed E-state index contributed by atoms with van der Waals surface area (Å²) in [6.45, 7) is 2.00. The monoisotopic (exact) mass is 210 g/mol. The Kier molecular flexibility index (Phi) is 2.59. The highest BCUT2D eigenvalue weighted by Gasteiger charge is 2.51. The van der Waals surface area contributed by atoms with Crippen molar-refractivity contribution >= 4 is 17.5 Å². The Balaban J connectivity index is 2.13. The Hall–Kier alpha value is -1.19. The Bertz CT molecular complexity index is 321. The molecule has 2 rings (SSSR count). The van der Waals surface area contributed by atoms with Gasteiger partial charge in [0.25, 0.3) is 0 Å². The van der Waals surface area contributed by atoms with E-state index in [1.165, 1.54) is 0 Å². The minimum Gasteiger partial charge on any atom is -0.465 e. The summed E-state index contributed by atoms with van der Waals surface area (Å²) in [6.07, 6.45) is 1.21. The van der Waals surface area contributed by atoms with Gasteiger partial charge in [0.05, 0.1) is 6.61 Å². The molecule has 0 aromatic carbocycles. The highest BCUT2D eigenvalue weighted by Crippen LogP contribution is 2.44. The summed E-state index contributed by atoms with van der Waals surface area (Å²) in [5.74, 6) is -0.961. The highest BCUT2D eigenvalue weighted by atomic mass is 16.5. The molecule has 0 radical (unpaired) electrons. The largest absolute Gasteiger partial charge is 0.465 e. The van der Waals surface area contributed by atoms with Gasteiger partial charge in [0.1, 0.15) is 17.5 Å². The van der Waals surface area contributed by atoms with Crippen LogP contribution in [0.25, 0.3) is 0 Å². The average Bonchev–Trinajstić information content (AvgIpc) is 2.59. The molecule has 2 aliphatic rings. The molecule has 0 aromatic rings. The molecule has 2 aliphatic carbocycles. The van der Waals surface area contributed by atoms with Crippen molar-refractivity contribution in [2.45, 2.75) is 26.2 Å². The molecule has 4 nitrogen and oxygen atoms in total.